The monoisotopic (exact) mass is 302 g/mol. The van der Waals surface area contributed by atoms with Gasteiger partial charge in [-0.3, -0.25) is 4.79 Å². The van der Waals surface area contributed by atoms with Crippen LogP contribution >= 0.6 is 0 Å². The van der Waals surface area contributed by atoms with Gasteiger partial charge in [0.2, 0.25) is 5.91 Å². The number of carbonyl (C=O) groups is 1. The molecule has 116 valence electrons. The average Bonchev–Trinajstić information content (AvgIpc) is 3.02. The van der Waals surface area contributed by atoms with Crippen LogP contribution in [0.4, 0.5) is 0 Å². The number of amides is 1. The van der Waals surface area contributed by atoms with E-state index >= 15 is 0 Å². The van der Waals surface area contributed by atoms with Crippen molar-refractivity contribution in [3.63, 3.8) is 0 Å². The Morgan fingerprint density at radius 1 is 1.35 bits per heavy atom. The van der Waals surface area contributed by atoms with Gasteiger partial charge < -0.3 is 10.6 Å². The van der Waals surface area contributed by atoms with Crippen molar-refractivity contribution in [3.05, 3.63) is 0 Å². The molecule has 0 bridgehead atoms. The summed E-state index contributed by atoms with van der Waals surface area (Å²) in [5.41, 5.74) is 0.214. The fourth-order valence-corrected chi connectivity index (χ4v) is 4.84. The molecule has 0 aromatic carbocycles. The third-order valence-electron chi connectivity index (χ3n) is 4.41. The predicted octanol–water partition coefficient (Wildman–Crippen LogP) is 0.563. The zero-order chi connectivity index (χ0) is 14.8. The number of hydrogen-bond acceptors (Lipinski definition) is 4. The number of nitrogens with one attached hydrogen (secondary N) is 2. The number of piperidine rings is 1. The fourth-order valence-electron chi connectivity index (χ4n) is 3.24. The molecule has 1 heterocycles. The SMILES string of the molecule is CC(C)CS(=O)(=O)CCNC(=O)[C@H]1CC12CCNCC2. The summed E-state index contributed by atoms with van der Waals surface area (Å²) < 4.78 is 23.5. The summed E-state index contributed by atoms with van der Waals surface area (Å²) in [7, 11) is -3.04. The van der Waals surface area contributed by atoms with Crippen LogP contribution in [-0.2, 0) is 14.6 Å². The van der Waals surface area contributed by atoms with Crippen molar-refractivity contribution in [1.82, 2.24) is 10.6 Å². The van der Waals surface area contributed by atoms with E-state index in [0.717, 1.165) is 32.4 Å². The van der Waals surface area contributed by atoms with Gasteiger partial charge in [-0.25, -0.2) is 8.42 Å². The van der Waals surface area contributed by atoms with Crippen molar-refractivity contribution in [2.45, 2.75) is 33.1 Å². The molecule has 6 heteroatoms. The number of rotatable bonds is 6. The fraction of sp³-hybridized carbons (Fsp3) is 0.929. The van der Waals surface area contributed by atoms with Crippen LogP contribution in [0.25, 0.3) is 0 Å². The van der Waals surface area contributed by atoms with Crippen molar-refractivity contribution in [2.75, 3.05) is 31.1 Å². The van der Waals surface area contributed by atoms with Crippen LogP contribution in [0.5, 0.6) is 0 Å². The van der Waals surface area contributed by atoms with E-state index in [0.29, 0.717) is 0 Å². The maximum Gasteiger partial charge on any atom is 0.223 e. The third-order valence-corrected chi connectivity index (χ3v) is 6.41. The Morgan fingerprint density at radius 2 is 2.00 bits per heavy atom. The summed E-state index contributed by atoms with van der Waals surface area (Å²) in [6, 6.07) is 0. The molecule has 0 aromatic heterocycles. The van der Waals surface area contributed by atoms with Crippen LogP contribution in [0, 0.1) is 17.3 Å². The van der Waals surface area contributed by atoms with Gasteiger partial charge in [-0.15, -0.1) is 0 Å². The minimum Gasteiger partial charge on any atom is -0.355 e. The van der Waals surface area contributed by atoms with Gasteiger partial charge in [-0.2, -0.15) is 0 Å². The Labute approximate surface area is 121 Å². The van der Waals surface area contributed by atoms with Crippen LogP contribution in [-0.4, -0.2) is 45.5 Å². The van der Waals surface area contributed by atoms with Gasteiger partial charge in [-0.1, -0.05) is 13.8 Å². The molecular weight excluding hydrogens is 276 g/mol. The maximum atomic E-state index is 12.1. The molecule has 20 heavy (non-hydrogen) atoms. The van der Waals surface area contributed by atoms with Crippen LogP contribution in [0.2, 0.25) is 0 Å². The molecular formula is C14H26N2O3S. The standard InChI is InChI=1S/C14H26N2O3S/c1-11(2)10-20(18,19)8-7-16-13(17)12-9-14(12)3-5-15-6-4-14/h11-12,15H,3-10H2,1-2H3,(H,16,17)/t12-/m1/s1. The van der Waals surface area contributed by atoms with Gasteiger partial charge in [0.15, 0.2) is 9.84 Å². The van der Waals surface area contributed by atoms with Gasteiger partial charge in [-0.05, 0) is 43.7 Å². The topological polar surface area (TPSA) is 75.3 Å². The smallest absolute Gasteiger partial charge is 0.223 e. The van der Waals surface area contributed by atoms with E-state index in [1.165, 1.54) is 0 Å². The van der Waals surface area contributed by atoms with Crippen LogP contribution < -0.4 is 10.6 Å². The highest BCUT2D eigenvalue weighted by atomic mass is 32.2. The molecule has 1 spiro atoms. The van der Waals surface area contributed by atoms with Crippen LogP contribution in [0.1, 0.15) is 33.1 Å². The molecule has 1 saturated carbocycles. The van der Waals surface area contributed by atoms with E-state index in [4.69, 9.17) is 0 Å². The lowest BCUT2D eigenvalue weighted by molar-refractivity contribution is -0.123. The Kier molecular flexibility index (Phi) is 4.74. The van der Waals surface area contributed by atoms with E-state index in [1.54, 1.807) is 0 Å². The molecule has 2 fully saturated rings. The molecule has 2 N–H and O–H groups in total. The van der Waals surface area contributed by atoms with Crippen molar-refractivity contribution in [2.24, 2.45) is 17.3 Å². The first kappa shape index (κ1) is 15.8. The lowest BCUT2D eigenvalue weighted by Gasteiger charge is -2.23. The minimum atomic E-state index is -3.04. The molecule has 1 amide bonds. The lowest BCUT2D eigenvalue weighted by Crippen LogP contribution is -2.35. The van der Waals surface area contributed by atoms with Crippen LogP contribution in [0.3, 0.4) is 0 Å². The van der Waals surface area contributed by atoms with Gasteiger partial charge in [0.1, 0.15) is 0 Å². The summed E-state index contributed by atoms with van der Waals surface area (Å²) in [6.45, 7) is 6.01. The Hall–Kier alpha value is -0.620. The summed E-state index contributed by atoms with van der Waals surface area (Å²) in [4.78, 5) is 12.1. The van der Waals surface area contributed by atoms with Crippen molar-refractivity contribution in [1.29, 1.82) is 0 Å². The number of hydrogen-bond donors (Lipinski definition) is 2. The second-order valence-electron chi connectivity index (χ2n) is 6.67. The first-order chi connectivity index (χ1) is 9.35. The zero-order valence-corrected chi connectivity index (χ0v) is 13.3. The Morgan fingerprint density at radius 3 is 2.60 bits per heavy atom. The maximum absolute atomic E-state index is 12.1. The van der Waals surface area contributed by atoms with Crippen molar-refractivity contribution < 1.29 is 13.2 Å². The van der Waals surface area contributed by atoms with E-state index in [-0.39, 0.29) is 41.2 Å². The molecule has 5 nitrogen and oxygen atoms in total. The highest BCUT2D eigenvalue weighted by molar-refractivity contribution is 7.91. The van der Waals surface area contributed by atoms with Gasteiger partial charge >= 0.3 is 0 Å². The Bertz CT molecular complexity index is 453. The summed E-state index contributed by atoms with van der Waals surface area (Å²) in [5.74, 6) is 0.543. The highest BCUT2D eigenvalue weighted by Crippen LogP contribution is 2.58. The largest absolute Gasteiger partial charge is 0.355 e. The molecule has 0 unspecified atom stereocenters. The minimum absolute atomic E-state index is 0.0478. The number of sulfone groups is 1. The van der Waals surface area contributed by atoms with E-state index in [1.807, 2.05) is 13.8 Å². The highest BCUT2D eigenvalue weighted by Gasteiger charge is 2.57. The zero-order valence-electron chi connectivity index (χ0n) is 12.4. The summed E-state index contributed by atoms with van der Waals surface area (Å²) >= 11 is 0. The molecule has 0 radical (unpaired) electrons. The molecule has 0 aromatic rings. The lowest BCUT2D eigenvalue weighted by atomic mass is 9.92. The second-order valence-corrected chi connectivity index (χ2v) is 8.90. The van der Waals surface area contributed by atoms with Gasteiger partial charge in [0, 0.05) is 12.5 Å². The third kappa shape index (κ3) is 3.95. The predicted molar refractivity (Wildman–Crippen MR) is 79.1 cm³/mol. The molecule has 1 atom stereocenters. The quantitative estimate of drug-likeness (QED) is 0.752. The second kappa shape index (κ2) is 6.02. The Balaban J connectivity index is 1.72. The van der Waals surface area contributed by atoms with E-state index in [9.17, 15) is 13.2 Å². The van der Waals surface area contributed by atoms with Gasteiger partial charge in [0.05, 0.1) is 11.5 Å². The van der Waals surface area contributed by atoms with Crippen LogP contribution in [0.15, 0.2) is 0 Å². The molecule has 1 aliphatic carbocycles. The van der Waals surface area contributed by atoms with E-state index < -0.39 is 9.84 Å². The molecule has 2 rings (SSSR count). The summed E-state index contributed by atoms with van der Waals surface area (Å²) in [6.07, 6.45) is 3.10. The molecule has 1 aliphatic heterocycles. The van der Waals surface area contributed by atoms with Gasteiger partial charge in [0.25, 0.3) is 0 Å². The van der Waals surface area contributed by atoms with Crippen molar-refractivity contribution >= 4 is 15.7 Å². The summed E-state index contributed by atoms with van der Waals surface area (Å²) in [5, 5.41) is 6.12. The molecule has 2 aliphatic rings. The first-order valence-corrected chi connectivity index (χ1v) is 9.36. The van der Waals surface area contributed by atoms with Crippen molar-refractivity contribution in [3.8, 4) is 0 Å². The van der Waals surface area contributed by atoms with E-state index in [2.05, 4.69) is 10.6 Å². The average molecular weight is 302 g/mol. The molecule has 1 saturated heterocycles. The first-order valence-electron chi connectivity index (χ1n) is 7.53. The number of carbonyl (C=O) groups excluding carboxylic acids is 1. The normalized spacial score (nSPS) is 24.9.